The van der Waals surface area contributed by atoms with E-state index in [-0.39, 0.29) is 11.4 Å². The Morgan fingerprint density at radius 2 is 2.00 bits per heavy atom. The van der Waals surface area contributed by atoms with E-state index in [4.69, 9.17) is 4.74 Å². The van der Waals surface area contributed by atoms with Crippen LogP contribution in [0.3, 0.4) is 0 Å². The zero-order chi connectivity index (χ0) is 14.4. The third-order valence-corrected chi connectivity index (χ3v) is 2.20. The summed E-state index contributed by atoms with van der Waals surface area (Å²) in [7, 11) is 1.36. The summed E-state index contributed by atoms with van der Waals surface area (Å²) in [5.74, 6) is -0.732. The molecule has 1 aromatic carbocycles. The number of carbonyl (C=O) groups excluding carboxylic acids is 2. The van der Waals surface area contributed by atoms with Gasteiger partial charge in [-0.3, -0.25) is 20.2 Å². The van der Waals surface area contributed by atoms with Gasteiger partial charge in [-0.05, 0) is 13.0 Å². The Bertz CT molecular complexity index is 503. The number of rotatable bonds is 4. The number of para-hydroxylation sites is 2. The Morgan fingerprint density at radius 1 is 1.37 bits per heavy atom. The van der Waals surface area contributed by atoms with E-state index in [9.17, 15) is 19.7 Å². The third kappa shape index (κ3) is 3.95. The van der Waals surface area contributed by atoms with Gasteiger partial charge in [0.25, 0.3) is 5.91 Å². The van der Waals surface area contributed by atoms with Crippen LogP contribution in [0.2, 0.25) is 0 Å². The van der Waals surface area contributed by atoms with Crippen molar-refractivity contribution in [3.8, 4) is 5.75 Å². The number of ether oxygens (including phenoxy) is 1. The summed E-state index contributed by atoms with van der Waals surface area (Å²) in [5, 5.41) is 15.0. The van der Waals surface area contributed by atoms with Gasteiger partial charge in [0, 0.05) is 13.1 Å². The molecule has 0 fully saturated rings. The molecule has 0 saturated carbocycles. The average Bonchev–Trinajstić information content (AvgIpc) is 2.38. The van der Waals surface area contributed by atoms with Crippen LogP contribution < -0.4 is 15.4 Å². The summed E-state index contributed by atoms with van der Waals surface area (Å²) < 4.78 is 5.18. The van der Waals surface area contributed by atoms with Gasteiger partial charge >= 0.3 is 11.7 Å². The number of nitrogens with zero attached hydrogens (tertiary/aromatic N) is 1. The number of nitro groups is 1. The molecule has 0 unspecified atom stereocenters. The van der Waals surface area contributed by atoms with E-state index in [1.807, 2.05) is 5.32 Å². The number of imide groups is 1. The van der Waals surface area contributed by atoms with Crippen molar-refractivity contribution >= 4 is 17.6 Å². The lowest BCUT2D eigenvalue weighted by Gasteiger charge is -2.13. The van der Waals surface area contributed by atoms with E-state index in [0.717, 1.165) is 0 Å². The molecule has 0 bridgehead atoms. The number of nitro benzene ring substituents is 1. The second-order valence-electron chi connectivity index (χ2n) is 3.55. The number of hydrogen-bond donors (Lipinski definition) is 2. The van der Waals surface area contributed by atoms with Gasteiger partial charge in [0.1, 0.15) is 0 Å². The SMILES string of the molecule is CNC(=O)NC(=O)[C@H](C)Oc1ccccc1[N+](=O)[O-]. The molecule has 0 aliphatic carbocycles. The molecule has 19 heavy (non-hydrogen) atoms. The van der Waals surface area contributed by atoms with Crippen molar-refractivity contribution < 1.29 is 19.2 Å². The van der Waals surface area contributed by atoms with Crippen molar-refractivity contribution in [1.82, 2.24) is 10.6 Å². The molecule has 0 aromatic heterocycles. The zero-order valence-electron chi connectivity index (χ0n) is 10.4. The van der Waals surface area contributed by atoms with Crippen LogP contribution in [0.5, 0.6) is 5.75 Å². The van der Waals surface area contributed by atoms with E-state index < -0.39 is 23.0 Å². The average molecular weight is 267 g/mol. The second kappa shape index (κ2) is 6.34. The molecule has 0 spiro atoms. The molecular weight excluding hydrogens is 254 g/mol. The molecule has 102 valence electrons. The van der Waals surface area contributed by atoms with E-state index in [1.54, 1.807) is 6.07 Å². The van der Waals surface area contributed by atoms with Gasteiger partial charge in [-0.2, -0.15) is 0 Å². The van der Waals surface area contributed by atoms with Crippen LogP contribution in [-0.2, 0) is 4.79 Å². The Balaban J connectivity index is 2.77. The quantitative estimate of drug-likeness (QED) is 0.619. The summed E-state index contributed by atoms with van der Waals surface area (Å²) in [6.45, 7) is 1.38. The van der Waals surface area contributed by atoms with Crippen molar-refractivity contribution in [1.29, 1.82) is 0 Å². The smallest absolute Gasteiger partial charge is 0.321 e. The third-order valence-electron chi connectivity index (χ3n) is 2.20. The number of amides is 3. The van der Waals surface area contributed by atoms with Crippen molar-refractivity contribution in [2.75, 3.05) is 7.05 Å². The van der Waals surface area contributed by atoms with Gasteiger partial charge in [-0.15, -0.1) is 0 Å². The lowest BCUT2D eigenvalue weighted by atomic mass is 10.3. The molecule has 0 aliphatic heterocycles. The zero-order valence-corrected chi connectivity index (χ0v) is 10.4. The minimum Gasteiger partial charge on any atom is -0.474 e. The van der Waals surface area contributed by atoms with E-state index in [2.05, 4.69) is 5.32 Å². The normalized spacial score (nSPS) is 11.3. The fourth-order valence-electron chi connectivity index (χ4n) is 1.23. The van der Waals surface area contributed by atoms with Gasteiger partial charge in [0.2, 0.25) is 0 Å². The summed E-state index contributed by atoms with van der Waals surface area (Å²) in [6, 6.07) is 5.00. The molecule has 1 aromatic rings. The first-order valence-corrected chi connectivity index (χ1v) is 5.38. The Morgan fingerprint density at radius 3 is 2.58 bits per heavy atom. The first-order valence-electron chi connectivity index (χ1n) is 5.38. The summed E-state index contributed by atoms with van der Waals surface area (Å²) >= 11 is 0. The molecule has 0 radical (unpaired) electrons. The molecule has 0 heterocycles. The maximum absolute atomic E-state index is 11.5. The summed E-state index contributed by atoms with van der Waals surface area (Å²) in [4.78, 5) is 32.6. The molecule has 1 rings (SSSR count). The molecule has 8 heteroatoms. The Kier molecular flexibility index (Phi) is 4.81. The van der Waals surface area contributed by atoms with Crippen LogP contribution in [0.15, 0.2) is 24.3 Å². The molecule has 3 amide bonds. The van der Waals surface area contributed by atoms with E-state index in [1.165, 1.54) is 32.2 Å². The van der Waals surface area contributed by atoms with Crippen molar-refractivity contribution in [3.05, 3.63) is 34.4 Å². The monoisotopic (exact) mass is 267 g/mol. The number of nitrogens with one attached hydrogen (secondary N) is 2. The minimum atomic E-state index is -1.04. The van der Waals surface area contributed by atoms with Gasteiger partial charge in [0.05, 0.1) is 4.92 Å². The van der Waals surface area contributed by atoms with Crippen LogP contribution >= 0.6 is 0 Å². The number of carbonyl (C=O) groups is 2. The van der Waals surface area contributed by atoms with Crippen molar-refractivity contribution in [2.24, 2.45) is 0 Å². The van der Waals surface area contributed by atoms with Gasteiger partial charge < -0.3 is 10.1 Å². The summed E-state index contributed by atoms with van der Waals surface area (Å²) in [5.41, 5.74) is -0.248. The standard InChI is InChI=1S/C11H13N3O5/c1-7(10(15)13-11(16)12-2)19-9-6-4-3-5-8(9)14(17)18/h3-7H,1-2H3,(H2,12,13,15,16)/t7-/m0/s1. The van der Waals surface area contributed by atoms with Crippen LogP contribution in [0.4, 0.5) is 10.5 Å². The van der Waals surface area contributed by atoms with Crippen LogP contribution in [0.25, 0.3) is 0 Å². The Hall–Kier alpha value is -2.64. The first-order chi connectivity index (χ1) is 8.95. The second-order valence-corrected chi connectivity index (χ2v) is 3.55. The van der Waals surface area contributed by atoms with E-state index in [0.29, 0.717) is 0 Å². The van der Waals surface area contributed by atoms with Gasteiger partial charge in [-0.25, -0.2) is 4.79 Å². The van der Waals surface area contributed by atoms with Gasteiger partial charge in [-0.1, -0.05) is 12.1 Å². The highest BCUT2D eigenvalue weighted by Gasteiger charge is 2.21. The highest BCUT2D eigenvalue weighted by atomic mass is 16.6. The molecule has 1 atom stereocenters. The molecular formula is C11H13N3O5. The lowest BCUT2D eigenvalue weighted by molar-refractivity contribution is -0.386. The molecule has 2 N–H and O–H groups in total. The largest absolute Gasteiger partial charge is 0.474 e. The first kappa shape index (κ1) is 14.4. The highest BCUT2D eigenvalue weighted by molar-refractivity contribution is 5.96. The predicted molar refractivity (Wildman–Crippen MR) is 65.8 cm³/mol. The van der Waals surface area contributed by atoms with E-state index >= 15 is 0 Å². The maximum Gasteiger partial charge on any atom is 0.321 e. The minimum absolute atomic E-state index is 0.0351. The number of hydrogen-bond acceptors (Lipinski definition) is 5. The Labute approximate surface area is 108 Å². The van der Waals surface area contributed by atoms with Crippen molar-refractivity contribution in [2.45, 2.75) is 13.0 Å². The molecule has 0 aliphatic rings. The van der Waals surface area contributed by atoms with Crippen molar-refractivity contribution in [3.63, 3.8) is 0 Å². The predicted octanol–water partition coefficient (Wildman–Crippen LogP) is 0.818. The molecule has 8 nitrogen and oxygen atoms in total. The number of benzene rings is 1. The highest BCUT2D eigenvalue weighted by Crippen LogP contribution is 2.26. The molecule has 0 saturated heterocycles. The summed E-state index contributed by atoms with van der Waals surface area (Å²) in [6.07, 6.45) is -1.04. The number of urea groups is 1. The van der Waals surface area contributed by atoms with Crippen LogP contribution in [0, 0.1) is 10.1 Å². The maximum atomic E-state index is 11.5. The fraction of sp³-hybridized carbons (Fsp3) is 0.273. The fourth-order valence-corrected chi connectivity index (χ4v) is 1.23. The lowest BCUT2D eigenvalue weighted by Crippen LogP contribution is -2.44. The van der Waals surface area contributed by atoms with Gasteiger partial charge in [0.15, 0.2) is 11.9 Å². The topological polar surface area (TPSA) is 111 Å². The van der Waals surface area contributed by atoms with Crippen LogP contribution in [0.1, 0.15) is 6.92 Å². The van der Waals surface area contributed by atoms with Crippen LogP contribution in [-0.4, -0.2) is 30.0 Å².